The molecule has 0 bridgehead atoms. The maximum atomic E-state index is 12.0. The van der Waals surface area contributed by atoms with E-state index >= 15 is 0 Å². The number of amides is 1. The minimum Gasteiger partial charge on any atom is -0.418 e. The van der Waals surface area contributed by atoms with E-state index in [1.54, 1.807) is 29.2 Å². The third kappa shape index (κ3) is 5.26. The first kappa shape index (κ1) is 16.0. The summed E-state index contributed by atoms with van der Waals surface area (Å²) >= 11 is 0. The van der Waals surface area contributed by atoms with Gasteiger partial charge < -0.3 is 22.2 Å². The zero-order valence-corrected chi connectivity index (χ0v) is 10.5. The van der Waals surface area contributed by atoms with Crippen LogP contribution in [-0.4, -0.2) is 31.2 Å². The molecule has 0 aliphatic carbocycles. The van der Waals surface area contributed by atoms with Crippen LogP contribution in [0, 0.1) is 5.39 Å². The molecule has 1 saturated heterocycles. The first-order valence-corrected chi connectivity index (χ1v) is 5.93. The summed E-state index contributed by atoms with van der Waals surface area (Å²) in [5.74, 6) is -0.0408. The van der Waals surface area contributed by atoms with Gasteiger partial charge in [0, 0.05) is 19.2 Å². The second kappa shape index (κ2) is 6.89. The number of carbonyl (C=O) groups excluding carboxylic acids is 1. The molecule has 0 aromatic heterocycles. The van der Waals surface area contributed by atoms with Crippen molar-refractivity contribution >= 4 is 18.8 Å². The average molecular weight is 289 g/mol. The highest BCUT2D eigenvalue weighted by atomic mass is 19.5. The van der Waals surface area contributed by atoms with Gasteiger partial charge in [0.15, 0.2) is 4.98 Å². The number of nitrogens with zero attached hydrogens (tertiary/aromatic N) is 3. The highest BCUT2D eigenvalue weighted by Gasteiger charge is 2.26. The predicted octanol–water partition coefficient (Wildman–Crippen LogP) is 3.71. The number of halogens is 4. The standard InChI is InChI=1S/C11H12N3O.BF4/c12-13-10-6-2-1-5-9(10)11(15)14-7-3-4-8-14;2-1(3,4)5/h1-2,5-6H,3-4,7-8H2;/q+1;-1. The van der Waals surface area contributed by atoms with Crippen molar-refractivity contribution in [1.29, 1.82) is 5.39 Å². The van der Waals surface area contributed by atoms with Crippen molar-refractivity contribution in [2.45, 2.75) is 12.8 Å². The zero-order valence-electron chi connectivity index (χ0n) is 10.5. The Kier molecular flexibility index (Phi) is 5.49. The fraction of sp³-hybridized carbons (Fsp3) is 0.364. The molecule has 1 amide bonds. The normalized spacial score (nSPS) is 14.2. The average Bonchev–Trinajstić information content (AvgIpc) is 2.89. The largest absolute Gasteiger partial charge is 0.673 e. The molecule has 1 aromatic carbocycles. The summed E-state index contributed by atoms with van der Waals surface area (Å²) in [6.45, 7) is 1.61. The Bertz CT molecular complexity index is 503. The van der Waals surface area contributed by atoms with E-state index in [1.165, 1.54) is 0 Å². The first-order valence-electron chi connectivity index (χ1n) is 5.93. The van der Waals surface area contributed by atoms with E-state index < -0.39 is 7.25 Å². The highest BCUT2D eigenvalue weighted by molar-refractivity contribution is 6.50. The van der Waals surface area contributed by atoms with Gasteiger partial charge in [-0.25, -0.2) is 0 Å². The molecule has 0 saturated carbocycles. The summed E-state index contributed by atoms with van der Waals surface area (Å²) in [4.78, 5) is 16.9. The van der Waals surface area contributed by atoms with Crippen LogP contribution in [0.15, 0.2) is 24.3 Å². The van der Waals surface area contributed by atoms with E-state index in [0.717, 1.165) is 25.9 Å². The minimum absolute atomic E-state index is 0.0408. The van der Waals surface area contributed by atoms with E-state index in [2.05, 4.69) is 4.98 Å². The van der Waals surface area contributed by atoms with Crippen LogP contribution in [-0.2, 0) is 0 Å². The second-order valence-electron chi connectivity index (χ2n) is 4.11. The molecule has 9 heteroatoms. The summed E-state index contributed by atoms with van der Waals surface area (Å²) in [5, 5.41) is 8.76. The Balaban J connectivity index is 0.000000347. The van der Waals surface area contributed by atoms with Gasteiger partial charge in [-0.05, 0) is 18.9 Å². The Morgan fingerprint density at radius 2 is 1.65 bits per heavy atom. The van der Waals surface area contributed by atoms with Gasteiger partial charge in [-0.3, -0.25) is 4.79 Å². The third-order valence-corrected chi connectivity index (χ3v) is 2.64. The molecule has 0 radical (unpaired) electrons. The van der Waals surface area contributed by atoms with Crippen LogP contribution < -0.4 is 0 Å². The molecule has 4 nitrogen and oxygen atoms in total. The number of diazo groups is 1. The molecule has 20 heavy (non-hydrogen) atoms. The number of rotatable bonds is 1. The Hall–Kier alpha value is -2.11. The van der Waals surface area contributed by atoms with Crippen molar-refractivity contribution in [2.24, 2.45) is 0 Å². The van der Waals surface area contributed by atoms with Crippen LogP contribution in [0.1, 0.15) is 23.2 Å². The number of hydrogen-bond donors (Lipinski definition) is 0. The SMILES string of the molecule is F[B-](F)(F)F.N#[N+]c1ccccc1C(=O)N1CCCC1. The Morgan fingerprint density at radius 1 is 1.15 bits per heavy atom. The number of benzene rings is 1. The fourth-order valence-corrected chi connectivity index (χ4v) is 1.83. The van der Waals surface area contributed by atoms with Crippen molar-refractivity contribution in [3.63, 3.8) is 0 Å². The maximum Gasteiger partial charge on any atom is 0.673 e. The fourth-order valence-electron chi connectivity index (χ4n) is 1.83. The number of hydrogen-bond acceptors (Lipinski definition) is 2. The number of likely N-dealkylation sites (tertiary alicyclic amines) is 1. The summed E-state index contributed by atoms with van der Waals surface area (Å²) in [6, 6.07) is 6.84. The lowest BCUT2D eigenvalue weighted by Crippen LogP contribution is -2.27. The molecular formula is C11H12BF4N3O. The van der Waals surface area contributed by atoms with Crippen molar-refractivity contribution in [1.82, 2.24) is 4.90 Å². The van der Waals surface area contributed by atoms with Crippen molar-refractivity contribution < 1.29 is 22.1 Å². The zero-order chi connectivity index (χ0) is 15.2. The van der Waals surface area contributed by atoms with Crippen LogP contribution in [0.25, 0.3) is 4.98 Å². The third-order valence-electron chi connectivity index (χ3n) is 2.64. The lowest BCUT2D eigenvalue weighted by atomic mass is 10.1. The molecule has 0 unspecified atom stereocenters. The number of carbonyl (C=O) groups is 1. The van der Waals surface area contributed by atoms with Gasteiger partial charge in [0.05, 0.1) is 0 Å². The maximum absolute atomic E-state index is 12.0. The van der Waals surface area contributed by atoms with Gasteiger partial charge in [0.25, 0.3) is 5.91 Å². The van der Waals surface area contributed by atoms with E-state index in [0.29, 0.717) is 11.3 Å². The van der Waals surface area contributed by atoms with Crippen molar-refractivity contribution in [2.75, 3.05) is 13.1 Å². The summed E-state index contributed by atoms with van der Waals surface area (Å²) in [6.07, 6.45) is 2.12. The molecule has 108 valence electrons. The Labute approximate surface area is 113 Å². The van der Waals surface area contributed by atoms with Gasteiger partial charge in [-0.1, -0.05) is 12.1 Å². The van der Waals surface area contributed by atoms with Crippen LogP contribution in [0.2, 0.25) is 0 Å². The molecule has 0 N–H and O–H groups in total. The van der Waals surface area contributed by atoms with E-state index in [4.69, 9.17) is 5.39 Å². The van der Waals surface area contributed by atoms with Crippen LogP contribution in [0.4, 0.5) is 23.0 Å². The minimum atomic E-state index is -6.00. The molecule has 2 rings (SSSR count). The van der Waals surface area contributed by atoms with Gasteiger partial charge in [-0.15, -0.1) is 0 Å². The molecule has 0 spiro atoms. The first-order chi connectivity index (χ1) is 9.33. The monoisotopic (exact) mass is 289 g/mol. The molecule has 1 fully saturated rings. The molecule has 1 aliphatic heterocycles. The topological polar surface area (TPSA) is 48.5 Å². The second-order valence-corrected chi connectivity index (χ2v) is 4.11. The van der Waals surface area contributed by atoms with E-state index in [1.807, 2.05) is 0 Å². The molecule has 1 aliphatic rings. The van der Waals surface area contributed by atoms with Crippen molar-refractivity contribution in [3.8, 4) is 0 Å². The van der Waals surface area contributed by atoms with Crippen LogP contribution >= 0.6 is 0 Å². The molecule has 1 heterocycles. The van der Waals surface area contributed by atoms with Gasteiger partial charge >= 0.3 is 12.9 Å². The van der Waals surface area contributed by atoms with Gasteiger partial charge in [0.1, 0.15) is 5.56 Å². The van der Waals surface area contributed by atoms with Crippen LogP contribution in [0.5, 0.6) is 0 Å². The summed E-state index contributed by atoms with van der Waals surface area (Å²) in [7, 11) is -6.00. The lowest BCUT2D eigenvalue weighted by molar-refractivity contribution is 0.0794. The molecule has 0 atom stereocenters. The molecule has 1 aromatic rings. The summed E-state index contributed by atoms with van der Waals surface area (Å²) in [5.41, 5.74) is 0.816. The van der Waals surface area contributed by atoms with Gasteiger partial charge in [0.2, 0.25) is 5.39 Å². The predicted molar refractivity (Wildman–Crippen MR) is 66.5 cm³/mol. The van der Waals surface area contributed by atoms with Crippen molar-refractivity contribution in [3.05, 3.63) is 34.8 Å². The quantitative estimate of drug-likeness (QED) is 0.449. The smallest absolute Gasteiger partial charge is 0.418 e. The lowest BCUT2D eigenvalue weighted by Gasteiger charge is -2.13. The Morgan fingerprint density at radius 3 is 2.15 bits per heavy atom. The molecular weight excluding hydrogens is 277 g/mol. The van der Waals surface area contributed by atoms with Gasteiger partial charge in [-0.2, -0.15) is 0 Å². The van der Waals surface area contributed by atoms with E-state index in [-0.39, 0.29) is 5.91 Å². The van der Waals surface area contributed by atoms with E-state index in [9.17, 15) is 22.1 Å². The highest BCUT2D eigenvalue weighted by Crippen LogP contribution is 2.22. The summed E-state index contributed by atoms with van der Waals surface area (Å²) < 4.78 is 39.0. The van der Waals surface area contributed by atoms with Crippen LogP contribution in [0.3, 0.4) is 0 Å².